The Hall–Kier alpha value is -5.04. The average molecular weight is 883 g/mol. The second-order valence-corrected chi connectivity index (χ2v) is 16.1. The lowest BCUT2D eigenvalue weighted by Crippen LogP contribution is -2.47. The number of benzene rings is 4. The first kappa shape index (κ1) is 46.5. The van der Waals surface area contributed by atoms with Crippen LogP contribution in [0.5, 0.6) is 0 Å². The molecule has 0 unspecified atom stereocenters. The monoisotopic (exact) mass is 882 g/mol. The second kappa shape index (κ2) is 24.6. The van der Waals surface area contributed by atoms with Gasteiger partial charge < -0.3 is 39.7 Å². The summed E-state index contributed by atoms with van der Waals surface area (Å²) in [5, 5.41) is 33.2. The standard InChI is InChI=1S/2C21H25N3O2S.C4H4O4/c2*25-13-15-26-14-12-23-8-10-24(11-9-23)19-6-3-4-17-16-22-27-20-7-2-1-5-18(20)21(17)19;5-3(6)1-2-4(7)8/h2*1-7,16,25H,8-15H2;1-2H,(H,5,6)(H,7,8)/b;;2-1+. The topological polar surface area (TPSA) is 171 Å². The van der Waals surface area contributed by atoms with E-state index in [9.17, 15) is 9.59 Å². The minimum Gasteiger partial charge on any atom is -0.478 e. The van der Waals surface area contributed by atoms with Gasteiger partial charge in [0.2, 0.25) is 0 Å². The van der Waals surface area contributed by atoms with Crippen LogP contribution in [0.15, 0.2) is 116 Å². The maximum atomic E-state index is 9.55. The molecule has 16 heteroatoms. The summed E-state index contributed by atoms with van der Waals surface area (Å²) in [5.41, 5.74) is 10.1. The first-order valence-electron chi connectivity index (χ1n) is 20.7. The fraction of sp³-hybridized carbons (Fsp3) is 0.348. The van der Waals surface area contributed by atoms with E-state index in [1.54, 1.807) is 23.9 Å². The smallest absolute Gasteiger partial charge is 0.328 e. The number of aliphatic hydroxyl groups is 2. The normalized spacial score (nSPS) is 15.8. The molecule has 4 aromatic carbocycles. The fourth-order valence-corrected chi connectivity index (χ4v) is 8.89. The van der Waals surface area contributed by atoms with Gasteiger partial charge in [-0.25, -0.2) is 18.4 Å². The van der Waals surface area contributed by atoms with Crippen molar-refractivity contribution >= 4 is 59.6 Å². The molecule has 62 heavy (non-hydrogen) atoms. The number of ether oxygens (including phenoxy) is 2. The summed E-state index contributed by atoms with van der Waals surface area (Å²) in [6.07, 6.45) is 5.08. The van der Waals surface area contributed by atoms with E-state index in [2.05, 4.69) is 113 Å². The van der Waals surface area contributed by atoms with Crippen LogP contribution in [0.3, 0.4) is 0 Å². The van der Waals surface area contributed by atoms with Gasteiger partial charge in [0.1, 0.15) is 0 Å². The summed E-state index contributed by atoms with van der Waals surface area (Å²) in [6.45, 7) is 12.4. The average Bonchev–Trinajstić information content (AvgIpc) is 3.62. The molecule has 2 fully saturated rings. The molecule has 0 atom stereocenters. The Morgan fingerprint density at radius 2 is 0.952 bits per heavy atom. The lowest BCUT2D eigenvalue weighted by atomic mass is 9.97. The Morgan fingerprint density at radius 1 is 0.548 bits per heavy atom. The molecule has 14 nitrogen and oxygen atoms in total. The van der Waals surface area contributed by atoms with Gasteiger partial charge in [-0.1, -0.05) is 60.7 Å². The van der Waals surface area contributed by atoms with Gasteiger partial charge >= 0.3 is 11.9 Å². The summed E-state index contributed by atoms with van der Waals surface area (Å²) in [5.74, 6) is -2.51. The second-order valence-electron chi connectivity index (χ2n) is 14.5. The van der Waals surface area contributed by atoms with Gasteiger partial charge in [0, 0.05) is 157 Å². The molecule has 0 saturated carbocycles. The molecule has 0 bridgehead atoms. The van der Waals surface area contributed by atoms with E-state index >= 15 is 0 Å². The summed E-state index contributed by atoms with van der Waals surface area (Å²) >= 11 is 3.09. The van der Waals surface area contributed by atoms with E-state index in [0.29, 0.717) is 38.6 Å². The third-order valence-electron chi connectivity index (χ3n) is 10.5. The largest absolute Gasteiger partial charge is 0.478 e. The van der Waals surface area contributed by atoms with Crippen LogP contribution in [-0.2, 0) is 19.1 Å². The molecule has 4 N–H and O–H groups in total. The number of hydrogen-bond acceptors (Lipinski definition) is 14. The Kier molecular flexibility index (Phi) is 18.4. The van der Waals surface area contributed by atoms with Crippen molar-refractivity contribution in [1.82, 2.24) is 9.80 Å². The lowest BCUT2D eigenvalue weighted by Gasteiger charge is -2.37. The van der Waals surface area contributed by atoms with Crippen molar-refractivity contribution in [3.05, 3.63) is 108 Å². The van der Waals surface area contributed by atoms with Gasteiger partial charge in [0.05, 0.1) is 39.6 Å². The number of fused-ring (bicyclic) bond motifs is 6. The summed E-state index contributed by atoms with van der Waals surface area (Å²) in [6, 6.07) is 30.1. The molecular weight excluding hydrogens is 829 g/mol. The molecule has 0 aromatic heterocycles. The van der Waals surface area contributed by atoms with Crippen LogP contribution < -0.4 is 9.80 Å². The SMILES string of the molecule is O=C(O)/C=C/C(=O)O.OCCOCCN1CCN(c2cccc3c2-c2ccccc2SN=C3)CC1.OCCOCCN1CCN(c2cccc3c2-c2ccccc2SN=C3)CC1. The molecular formula is C46H54N6O8S2. The Bertz CT molecular complexity index is 2020. The maximum absolute atomic E-state index is 9.55. The zero-order chi connectivity index (χ0) is 43.5. The quantitative estimate of drug-likeness (QED) is 0.0705. The van der Waals surface area contributed by atoms with Crippen LogP contribution in [0.25, 0.3) is 22.3 Å². The zero-order valence-electron chi connectivity index (χ0n) is 34.6. The number of rotatable bonds is 14. The van der Waals surface area contributed by atoms with Crippen molar-refractivity contribution in [2.45, 2.75) is 9.79 Å². The van der Waals surface area contributed by atoms with Crippen LogP contribution in [-0.4, -0.2) is 160 Å². The molecule has 4 aliphatic rings. The fourth-order valence-electron chi connectivity index (χ4n) is 7.52. The minimum atomic E-state index is -1.26. The summed E-state index contributed by atoms with van der Waals surface area (Å²) in [4.78, 5) is 31.4. The van der Waals surface area contributed by atoms with Crippen molar-refractivity contribution < 1.29 is 39.5 Å². The first-order valence-corrected chi connectivity index (χ1v) is 22.2. The number of piperazine rings is 2. The highest BCUT2D eigenvalue weighted by atomic mass is 32.2. The summed E-state index contributed by atoms with van der Waals surface area (Å²) < 4.78 is 19.9. The van der Waals surface area contributed by atoms with Crippen LogP contribution in [0.4, 0.5) is 11.4 Å². The van der Waals surface area contributed by atoms with Crippen molar-refractivity contribution in [2.24, 2.45) is 8.80 Å². The highest BCUT2D eigenvalue weighted by Crippen LogP contribution is 2.43. The molecule has 0 amide bonds. The van der Waals surface area contributed by atoms with Gasteiger partial charge in [-0.15, -0.1) is 0 Å². The minimum absolute atomic E-state index is 0.0932. The lowest BCUT2D eigenvalue weighted by molar-refractivity contribution is -0.134. The van der Waals surface area contributed by atoms with Crippen LogP contribution in [0.2, 0.25) is 0 Å². The molecule has 4 heterocycles. The molecule has 2 saturated heterocycles. The van der Waals surface area contributed by atoms with Crippen molar-refractivity contribution in [3.63, 3.8) is 0 Å². The third-order valence-corrected chi connectivity index (χ3v) is 12.0. The van der Waals surface area contributed by atoms with Crippen LogP contribution in [0.1, 0.15) is 11.1 Å². The van der Waals surface area contributed by atoms with Gasteiger partial charge in [0.25, 0.3) is 0 Å². The van der Waals surface area contributed by atoms with Crippen molar-refractivity contribution in [2.75, 3.05) is 115 Å². The molecule has 4 aromatic rings. The number of anilines is 2. The van der Waals surface area contributed by atoms with E-state index in [1.165, 1.54) is 54.5 Å². The molecule has 4 aliphatic heterocycles. The Morgan fingerprint density at radius 3 is 1.34 bits per heavy atom. The van der Waals surface area contributed by atoms with E-state index < -0.39 is 11.9 Å². The Labute approximate surface area is 371 Å². The predicted molar refractivity (Wildman–Crippen MR) is 248 cm³/mol. The maximum Gasteiger partial charge on any atom is 0.328 e. The number of aliphatic hydroxyl groups excluding tert-OH is 2. The van der Waals surface area contributed by atoms with Crippen LogP contribution >= 0.6 is 23.9 Å². The predicted octanol–water partition coefficient (Wildman–Crippen LogP) is 5.56. The number of aliphatic carboxylic acids is 2. The van der Waals surface area contributed by atoms with Gasteiger partial charge in [-0.2, -0.15) is 0 Å². The van der Waals surface area contributed by atoms with Gasteiger partial charge in [-0.05, 0) is 35.4 Å². The van der Waals surface area contributed by atoms with Crippen molar-refractivity contribution in [1.29, 1.82) is 0 Å². The van der Waals surface area contributed by atoms with Gasteiger partial charge in [0.15, 0.2) is 0 Å². The molecule has 8 rings (SSSR count). The third kappa shape index (κ3) is 13.2. The zero-order valence-corrected chi connectivity index (χ0v) is 36.3. The van der Waals surface area contributed by atoms with E-state index in [4.69, 9.17) is 29.9 Å². The number of carboxylic acid groups (broad SMARTS) is 2. The van der Waals surface area contributed by atoms with Crippen molar-refractivity contribution in [3.8, 4) is 22.3 Å². The first-order chi connectivity index (χ1) is 30.4. The number of carboxylic acids is 2. The van der Waals surface area contributed by atoms with Gasteiger partial charge in [-0.3, -0.25) is 9.80 Å². The molecule has 0 aliphatic carbocycles. The molecule has 0 radical (unpaired) electrons. The number of carbonyl (C=O) groups is 2. The summed E-state index contributed by atoms with van der Waals surface area (Å²) in [7, 11) is 0. The van der Waals surface area contributed by atoms with E-state index in [0.717, 1.165) is 65.4 Å². The molecule has 328 valence electrons. The highest BCUT2D eigenvalue weighted by Gasteiger charge is 2.25. The number of hydrogen-bond donors (Lipinski definition) is 4. The van der Waals surface area contributed by atoms with Crippen LogP contribution in [0, 0.1) is 0 Å². The highest BCUT2D eigenvalue weighted by molar-refractivity contribution is 7.98. The van der Waals surface area contributed by atoms with E-state index in [1.807, 2.05) is 12.4 Å². The number of nitrogens with zero attached hydrogens (tertiary/aromatic N) is 6. The van der Waals surface area contributed by atoms with E-state index in [-0.39, 0.29) is 13.2 Å². The molecule has 0 spiro atoms. The Balaban J connectivity index is 0.000000176.